The first kappa shape index (κ1) is 20.9. The third-order valence-corrected chi connectivity index (χ3v) is 7.72. The van der Waals surface area contributed by atoms with Gasteiger partial charge in [0, 0.05) is 37.7 Å². The van der Waals surface area contributed by atoms with Crippen molar-refractivity contribution < 1.29 is 9.59 Å². The monoisotopic (exact) mass is 442 g/mol. The van der Waals surface area contributed by atoms with Gasteiger partial charge in [-0.2, -0.15) is 0 Å². The molecule has 0 radical (unpaired) electrons. The molecule has 2 N–H and O–H groups in total. The van der Waals surface area contributed by atoms with E-state index in [1.54, 1.807) is 21.6 Å². The molecule has 0 bridgehead atoms. The van der Waals surface area contributed by atoms with E-state index in [0.29, 0.717) is 13.1 Å². The number of carbonyl (C=O) groups excluding carboxylic acids is 2. The summed E-state index contributed by atoms with van der Waals surface area (Å²) in [6, 6.07) is 20.3. The van der Waals surface area contributed by atoms with E-state index in [0.717, 1.165) is 35.7 Å². The fourth-order valence-corrected chi connectivity index (χ4v) is 5.71. The van der Waals surface area contributed by atoms with E-state index in [-0.39, 0.29) is 24.1 Å². The molecule has 0 saturated carbocycles. The lowest BCUT2D eigenvalue weighted by molar-refractivity contribution is 0.219. The van der Waals surface area contributed by atoms with Crippen LogP contribution in [-0.4, -0.2) is 59.5 Å². The Labute approximate surface area is 185 Å². The molecule has 2 fully saturated rings. The Hall–Kier alpha value is -2.32. The number of carbonyl (C=O) groups is 2. The quantitative estimate of drug-likeness (QED) is 0.457. The second-order valence-corrected chi connectivity index (χ2v) is 10.1. The van der Waals surface area contributed by atoms with Crippen molar-refractivity contribution in [2.24, 2.45) is 0 Å². The van der Waals surface area contributed by atoms with Crippen LogP contribution in [0.4, 0.5) is 9.59 Å². The summed E-state index contributed by atoms with van der Waals surface area (Å²) < 4.78 is 0. The van der Waals surface area contributed by atoms with Crippen molar-refractivity contribution in [1.29, 1.82) is 0 Å². The maximum atomic E-state index is 12.2. The van der Waals surface area contributed by atoms with Gasteiger partial charge in [0.1, 0.15) is 0 Å². The SMILES string of the molecule is O=C1NC(c2ccccc2)CN1CCSSCCN1CC(c2ccccc2)NC1=O. The number of benzene rings is 2. The summed E-state index contributed by atoms with van der Waals surface area (Å²) in [5, 5.41) is 6.10. The lowest BCUT2D eigenvalue weighted by atomic mass is 10.1. The number of urea groups is 2. The summed E-state index contributed by atoms with van der Waals surface area (Å²) in [5.41, 5.74) is 2.29. The van der Waals surface area contributed by atoms with Gasteiger partial charge in [-0.15, -0.1) is 0 Å². The van der Waals surface area contributed by atoms with Gasteiger partial charge >= 0.3 is 12.1 Å². The molecule has 158 valence electrons. The van der Waals surface area contributed by atoms with E-state index in [2.05, 4.69) is 34.9 Å². The third-order valence-electron chi connectivity index (χ3n) is 5.35. The van der Waals surface area contributed by atoms with Crippen LogP contribution in [0, 0.1) is 0 Å². The number of amides is 4. The average Bonchev–Trinajstić information content (AvgIpc) is 3.34. The van der Waals surface area contributed by atoms with Gasteiger partial charge in [-0.25, -0.2) is 9.59 Å². The van der Waals surface area contributed by atoms with Crippen LogP contribution >= 0.6 is 21.6 Å². The highest BCUT2D eigenvalue weighted by atomic mass is 33.1. The number of nitrogens with one attached hydrogen (secondary N) is 2. The summed E-state index contributed by atoms with van der Waals surface area (Å²) in [6.07, 6.45) is 0. The Morgan fingerprint density at radius 3 is 1.50 bits per heavy atom. The molecule has 6 nitrogen and oxygen atoms in total. The Balaban J connectivity index is 1.12. The molecule has 8 heteroatoms. The first-order chi connectivity index (χ1) is 14.7. The lowest BCUT2D eigenvalue weighted by Gasteiger charge is -2.15. The Kier molecular flexibility index (Phi) is 7.07. The summed E-state index contributed by atoms with van der Waals surface area (Å²) >= 11 is 0. The standard InChI is InChI=1S/C22H26N4O2S2/c27-21-23-19(17-7-3-1-4-8-17)15-25(21)11-13-29-30-14-12-26-16-20(24-22(26)28)18-9-5-2-6-10-18/h1-10,19-20H,11-16H2,(H,23,27)(H,24,28). The van der Waals surface area contributed by atoms with Gasteiger partial charge in [-0.1, -0.05) is 82.3 Å². The van der Waals surface area contributed by atoms with Crippen molar-refractivity contribution in [2.75, 3.05) is 37.7 Å². The highest BCUT2D eigenvalue weighted by Crippen LogP contribution is 2.25. The van der Waals surface area contributed by atoms with Crippen molar-refractivity contribution in [1.82, 2.24) is 20.4 Å². The zero-order valence-corrected chi connectivity index (χ0v) is 18.3. The van der Waals surface area contributed by atoms with Gasteiger partial charge < -0.3 is 20.4 Å². The zero-order chi connectivity index (χ0) is 20.8. The van der Waals surface area contributed by atoms with Gasteiger partial charge in [-0.3, -0.25) is 0 Å². The molecular weight excluding hydrogens is 416 g/mol. The van der Waals surface area contributed by atoms with Gasteiger partial charge in [0.25, 0.3) is 0 Å². The van der Waals surface area contributed by atoms with Crippen LogP contribution in [0.3, 0.4) is 0 Å². The normalized spacial score (nSPS) is 21.1. The predicted molar refractivity (Wildman–Crippen MR) is 123 cm³/mol. The van der Waals surface area contributed by atoms with Crippen LogP contribution < -0.4 is 10.6 Å². The van der Waals surface area contributed by atoms with E-state index in [9.17, 15) is 9.59 Å². The molecule has 2 aromatic carbocycles. The largest absolute Gasteiger partial charge is 0.329 e. The molecule has 2 aliphatic rings. The van der Waals surface area contributed by atoms with E-state index in [1.165, 1.54) is 0 Å². The summed E-state index contributed by atoms with van der Waals surface area (Å²) in [5.74, 6) is 1.75. The molecule has 4 amide bonds. The first-order valence-electron chi connectivity index (χ1n) is 10.2. The summed E-state index contributed by atoms with van der Waals surface area (Å²) in [7, 11) is 3.52. The minimum Gasteiger partial charge on any atom is -0.329 e. The van der Waals surface area contributed by atoms with Gasteiger partial charge in [0.05, 0.1) is 12.1 Å². The van der Waals surface area contributed by atoms with Crippen LogP contribution in [-0.2, 0) is 0 Å². The molecule has 2 aliphatic heterocycles. The summed E-state index contributed by atoms with van der Waals surface area (Å²) in [6.45, 7) is 2.88. The molecule has 2 heterocycles. The highest BCUT2D eigenvalue weighted by Gasteiger charge is 2.30. The molecule has 2 atom stereocenters. The van der Waals surface area contributed by atoms with Gasteiger partial charge in [0.2, 0.25) is 0 Å². The smallest absolute Gasteiger partial charge is 0.318 e. The second-order valence-electron chi connectivity index (χ2n) is 7.36. The van der Waals surface area contributed by atoms with Crippen molar-refractivity contribution in [3.8, 4) is 0 Å². The van der Waals surface area contributed by atoms with Crippen LogP contribution in [0.2, 0.25) is 0 Å². The molecule has 2 unspecified atom stereocenters. The maximum Gasteiger partial charge on any atom is 0.318 e. The second kappa shape index (κ2) is 10.1. The summed E-state index contributed by atoms with van der Waals surface area (Å²) in [4.78, 5) is 28.1. The van der Waals surface area contributed by atoms with E-state index < -0.39 is 0 Å². The Morgan fingerprint density at radius 2 is 1.10 bits per heavy atom. The fraction of sp³-hybridized carbons (Fsp3) is 0.364. The number of rotatable bonds is 9. The minimum atomic E-state index is 0.00939. The van der Waals surface area contributed by atoms with E-state index in [4.69, 9.17) is 0 Å². The minimum absolute atomic E-state index is 0.00939. The zero-order valence-electron chi connectivity index (χ0n) is 16.7. The maximum absolute atomic E-state index is 12.2. The Morgan fingerprint density at radius 1 is 0.700 bits per heavy atom. The first-order valence-corrected chi connectivity index (χ1v) is 12.6. The fourth-order valence-electron chi connectivity index (χ4n) is 3.73. The molecule has 0 aliphatic carbocycles. The van der Waals surface area contributed by atoms with Crippen LogP contribution in [0.15, 0.2) is 60.7 Å². The van der Waals surface area contributed by atoms with Crippen LogP contribution in [0.5, 0.6) is 0 Å². The average molecular weight is 443 g/mol. The topological polar surface area (TPSA) is 64.7 Å². The molecule has 0 aromatic heterocycles. The van der Waals surface area contributed by atoms with Crippen molar-refractivity contribution in [3.05, 3.63) is 71.8 Å². The van der Waals surface area contributed by atoms with Gasteiger partial charge in [0.15, 0.2) is 0 Å². The molecule has 2 aromatic rings. The third kappa shape index (κ3) is 5.23. The van der Waals surface area contributed by atoms with Gasteiger partial charge in [-0.05, 0) is 11.1 Å². The lowest BCUT2D eigenvalue weighted by Crippen LogP contribution is -2.30. The van der Waals surface area contributed by atoms with Crippen molar-refractivity contribution in [2.45, 2.75) is 12.1 Å². The molecule has 0 spiro atoms. The Bertz CT molecular complexity index is 781. The van der Waals surface area contributed by atoms with Crippen LogP contribution in [0.25, 0.3) is 0 Å². The highest BCUT2D eigenvalue weighted by molar-refractivity contribution is 8.76. The number of nitrogens with zero attached hydrogens (tertiary/aromatic N) is 2. The molecule has 30 heavy (non-hydrogen) atoms. The van der Waals surface area contributed by atoms with E-state index in [1.807, 2.05) is 46.2 Å². The molecule has 2 saturated heterocycles. The van der Waals surface area contributed by atoms with Crippen molar-refractivity contribution >= 4 is 33.7 Å². The molecule has 4 rings (SSSR count). The van der Waals surface area contributed by atoms with E-state index >= 15 is 0 Å². The van der Waals surface area contributed by atoms with Crippen molar-refractivity contribution in [3.63, 3.8) is 0 Å². The molecular formula is C22H26N4O2S2. The van der Waals surface area contributed by atoms with Crippen LogP contribution in [0.1, 0.15) is 23.2 Å². The predicted octanol–water partition coefficient (Wildman–Crippen LogP) is 3.90. The number of hydrogen-bond donors (Lipinski definition) is 2. The number of hydrogen-bond acceptors (Lipinski definition) is 4.